The van der Waals surface area contributed by atoms with Gasteiger partial charge in [0.1, 0.15) is 6.61 Å². The smallest absolute Gasteiger partial charge is 0.306 e. The number of aliphatic hydroxyl groups excluding tert-OH is 1. The van der Waals surface area contributed by atoms with Crippen molar-refractivity contribution in [1.82, 2.24) is 0 Å². The highest BCUT2D eigenvalue weighted by Gasteiger charge is 2.16. The maximum absolute atomic E-state index is 12.2. The van der Waals surface area contributed by atoms with Crippen LogP contribution in [0.25, 0.3) is 0 Å². The van der Waals surface area contributed by atoms with Gasteiger partial charge in [0, 0.05) is 12.8 Å². The van der Waals surface area contributed by atoms with Gasteiger partial charge in [-0.1, -0.05) is 220 Å². The SMILES string of the molecule is CC/C=C\C/C=C\C/C=C\C/C=C\C/C=C\C/C=C\C/C=C\CCCC(=O)OC(CO)COC(=O)CCCCCCCCCCCCCCC/C=C\C/C=C\CCCCCCC. The van der Waals surface area contributed by atoms with Gasteiger partial charge in [0.2, 0.25) is 0 Å². The van der Waals surface area contributed by atoms with Crippen molar-refractivity contribution in [2.45, 2.75) is 225 Å². The molecule has 0 aromatic rings. The second-order valence-corrected chi connectivity index (χ2v) is 16.5. The van der Waals surface area contributed by atoms with E-state index >= 15 is 0 Å². The van der Waals surface area contributed by atoms with Crippen LogP contribution in [-0.2, 0) is 19.1 Å². The van der Waals surface area contributed by atoms with Crippen molar-refractivity contribution in [1.29, 1.82) is 0 Å². The maximum atomic E-state index is 12.2. The lowest BCUT2D eigenvalue weighted by Gasteiger charge is -2.15. The second-order valence-electron chi connectivity index (χ2n) is 16.5. The normalized spacial score (nSPS) is 13.1. The molecule has 0 heterocycles. The molecule has 62 heavy (non-hydrogen) atoms. The van der Waals surface area contributed by atoms with E-state index in [0.717, 1.165) is 77.0 Å². The molecular formula is C57H94O5. The number of aliphatic hydroxyl groups is 1. The van der Waals surface area contributed by atoms with Crippen LogP contribution in [0.3, 0.4) is 0 Å². The van der Waals surface area contributed by atoms with E-state index < -0.39 is 6.10 Å². The molecule has 0 radical (unpaired) electrons. The summed E-state index contributed by atoms with van der Waals surface area (Å²) in [5.41, 5.74) is 0. The Morgan fingerprint density at radius 3 is 1.10 bits per heavy atom. The molecule has 352 valence electrons. The highest BCUT2D eigenvalue weighted by molar-refractivity contribution is 5.70. The van der Waals surface area contributed by atoms with Crippen molar-refractivity contribution in [2.75, 3.05) is 13.2 Å². The molecule has 0 amide bonds. The minimum absolute atomic E-state index is 0.0955. The summed E-state index contributed by atoms with van der Waals surface area (Å²) in [5, 5.41) is 9.62. The minimum Gasteiger partial charge on any atom is -0.462 e. The Morgan fingerprint density at radius 2 is 0.710 bits per heavy atom. The fourth-order valence-electron chi connectivity index (χ4n) is 6.75. The fourth-order valence-corrected chi connectivity index (χ4v) is 6.75. The van der Waals surface area contributed by atoms with Gasteiger partial charge >= 0.3 is 11.9 Å². The molecule has 0 aromatic carbocycles. The lowest BCUT2D eigenvalue weighted by molar-refractivity contribution is -0.161. The molecule has 1 atom stereocenters. The number of unbranched alkanes of at least 4 members (excludes halogenated alkanes) is 19. The number of allylic oxidation sites excluding steroid dienone is 18. The predicted molar refractivity (Wildman–Crippen MR) is 269 cm³/mol. The summed E-state index contributed by atoms with van der Waals surface area (Å²) >= 11 is 0. The molecule has 0 saturated carbocycles. The molecule has 1 N–H and O–H groups in total. The van der Waals surface area contributed by atoms with Gasteiger partial charge in [0.15, 0.2) is 6.10 Å². The van der Waals surface area contributed by atoms with Gasteiger partial charge in [0.25, 0.3) is 0 Å². The number of carbonyl (C=O) groups is 2. The average Bonchev–Trinajstić information content (AvgIpc) is 3.28. The van der Waals surface area contributed by atoms with Gasteiger partial charge < -0.3 is 14.6 Å². The average molecular weight is 859 g/mol. The largest absolute Gasteiger partial charge is 0.462 e. The zero-order valence-corrected chi connectivity index (χ0v) is 40.1. The lowest BCUT2D eigenvalue weighted by Crippen LogP contribution is -2.28. The van der Waals surface area contributed by atoms with E-state index in [9.17, 15) is 14.7 Å². The van der Waals surface area contributed by atoms with Crippen LogP contribution in [-0.4, -0.2) is 36.4 Å². The third-order valence-corrected chi connectivity index (χ3v) is 10.6. The van der Waals surface area contributed by atoms with E-state index in [-0.39, 0.29) is 31.6 Å². The Balaban J connectivity index is 3.63. The third kappa shape index (κ3) is 49.2. The quantitative estimate of drug-likeness (QED) is 0.0375. The van der Waals surface area contributed by atoms with Crippen LogP contribution in [0.1, 0.15) is 219 Å². The van der Waals surface area contributed by atoms with Crippen LogP contribution in [0, 0.1) is 0 Å². The molecule has 0 bridgehead atoms. The number of esters is 2. The highest BCUT2D eigenvalue weighted by atomic mass is 16.6. The van der Waals surface area contributed by atoms with Gasteiger partial charge in [-0.15, -0.1) is 0 Å². The summed E-state index contributed by atoms with van der Waals surface area (Å²) in [7, 11) is 0. The van der Waals surface area contributed by atoms with Crippen LogP contribution < -0.4 is 0 Å². The molecular weight excluding hydrogens is 765 g/mol. The summed E-state index contributed by atoms with van der Waals surface area (Å²) < 4.78 is 10.6. The molecule has 0 aromatic heterocycles. The zero-order valence-electron chi connectivity index (χ0n) is 40.1. The number of carbonyl (C=O) groups excluding carboxylic acids is 2. The van der Waals surface area contributed by atoms with Crippen LogP contribution in [0.15, 0.2) is 109 Å². The highest BCUT2D eigenvalue weighted by Crippen LogP contribution is 2.14. The van der Waals surface area contributed by atoms with Crippen molar-refractivity contribution in [3.05, 3.63) is 109 Å². The molecule has 0 fully saturated rings. The number of hydrogen-bond donors (Lipinski definition) is 1. The Hall–Kier alpha value is -3.44. The third-order valence-electron chi connectivity index (χ3n) is 10.6. The molecule has 0 aliphatic rings. The number of ether oxygens (including phenoxy) is 2. The van der Waals surface area contributed by atoms with Gasteiger partial charge in [0.05, 0.1) is 6.61 Å². The van der Waals surface area contributed by atoms with E-state index in [0.29, 0.717) is 12.8 Å². The van der Waals surface area contributed by atoms with Crippen molar-refractivity contribution >= 4 is 11.9 Å². The Labute approximate surface area is 382 Å². The predicted octanol–water partition coefficient (Wildman–Crippen LogP) is 17.0. The van der Waals surface area contributed by atoms with Crippen molar-refractivity contribution in [2.24, 2.45) is 0 Å². The molecule has 1 unspecified atom stereocenters. The number of rotatable bonds is 45. The summed E-state index contributed by atoms with van der Waals surface area (Å²) in [6.45, 7) is 3.97. The molecule has 5 nitrogen and oxygen atoms in total. The molecule has 0 aliphatic carbocycles. The Bertz CT molecular complexity index is 1250. The molecule has 0 saturated heterocycles. The molecule has 0 spiro atoms. The van der Waals surface area contributed by atoms with E-state index in [4.69, 9.17) is 9.47 Å². The molecule has 5 heteroatoms. The minimum atomic E-state index is -0.811. The van der Waals surface area contributed by atoms with Crippen LogP contribution in [0.4, 0.5) is 0 Å². The molecule has 0 rings (SSSR count). The van der Waals surface area contributed by atoms with Crippen molar-refractivity contribution < 1.29 is 24.2 Å². The fraction of sp³-hybridized carbons (Fsp3) is 0.649. The first-order chi connectivity index (χ1) is 30.6. The van der Waals surface area contributed by atoms with Gasteiger partial charge in [-0.05, 0) is 96.3 Å². The van der Waals surface area contributed by atoms with Crippen LogP contribution in [0.2, 0.25) is 0 Å². The topological polar surface area (TPSA) is 72.8 Å². The van der Waals surface area contributed by atoms with Gasteiger partial charge in [-0.25, -0.2) is 0 Å². The lowest BCUT2D eigenvalue weighted by atomic mass is 10.0. The monoisotopic (exact) mass is 859 g/mol. The van der Waals surface area contributed by atoms with E-state index in [2.05, 4.69) is 123 Å². The van der Waals surface area contributed by atoms with E-state index in [1.54, 1.807) is 0 Å². The summed E-state index contributed by atoms with van der Waals surface area (Å²) in [4.78, 5) is 24.4. The van der Waals surface area contributed by atoms with E-state index in [1.807, 2.05) is 0 Å². The van der Waals surface area contributed by atoms with Gasteiger partial charge in [-0.3, -0.25) is 9.59 Å². The summed E-state index contributed by atoms with van der Waals surface area (Å²) in [6, 6.07) is 0. The maximum Gasteiger partial charge on any atom is 0.306 e. The first-order valence-electron chi connectivity index (χ1n) is 25.4. The first-order valence-corrected chi connectivity index (χ1v) is 25.4. The summed E-state index contributed by atoms with van der Waals surface area (Å²) in [5.74, 6) is -0.665. The van der Waals surface area contributed by atoms with Crippen LogP contribution in [0.5, 0.6) is 0 Å². The summed E-state index contributed by atoms with van der Waals surface area (Å²) in [6.07, 6.45) is 74.7. The van der Waals surface area contributed by atoms with Crippen molar-refractivity contribution in [3.63, 3.8) is 0 Å². The van der Waals surface area contributed by atoms with E-state index in [1.165, 1.54) is 109 Å². The molecule has 0 aliphatic heterocycles. The van der Waals surface area contributed by atoms with Crippen molar-refractivity contribution in [3.8, 4) is 0 Å². The van der Waals surface area contributed by atoms with Gasteiger partial charge in [-0.2, -0.15) is 0 Å². The number of hydrogen-bond acceptors (Lipinski definition) is 5. The Kier molecular flexibility index (Phi) is 49.0. The van der Waals surface area contributed by atoms with Crippen LogP contribution >= 0.6 is 0 Å². The Morgan fingerprint density at radius 1 is 0.387 bits per heavy atom. The zero-order chi connectivity index (χ0) is 44.9. The standard InChI is InChI=1S/C57H94O5/c1-3-5-7-9-11-13-15-17-19-21-23-25-27-28-30-31-33-35-37-39-41-43-45-47-49-51-56(59)61-54-55(53-58)62-57(60)52-50-48-46-44-42-40-38-36-34-32-29-26-24-22-20-18-16-14-12-10-8-6-4-2/h6,8,12,14-15,17-18,20-21,23-24,26,32,34,38,40,44,46,55,58H,3-5,7,9-11,13,16,19,22,25,27-31,33,35-37,39,41-43,45,47-54H2,1-2H3/b8-6-,14-12-,17-15-,20-18-,23-21-,26-24-,34-32-,40-38-,46-44-. The first kappa shape index (κ1) is 58.6. The second kappa shape index (κ2) is 51.9.